The number of benzene rings is 1. The van der Waals surface area contributed by atoms with Crippen molar-refractivity contribution in [1.29, 1.82) is 5.26 Å². The van der Waals surface area contributed by atoms with Gasteiger partial charge in [-0.1, -0.05) is 17.4 Å². The van der Waals surface area contributed by atoms with Gasteiger partial charge in [0.15, 0.2) is 5.13 Å². The molecule has 128 valence electrons. The number of nitriles is 1. The first kappa shape index (κ1) is 17.4. The van der Waals surface area contributed by atoms with Gasteiger partial charge in [-0.15, -0.1) is 0 Å². The van der Waals surface area contributed by atoms with E-state index in [1.54, 1.807) is 17.7 Å². The molecule has 8 nitrogen and oxygen atoms in total. The number of urea groups is 1. The molecule has 3 rings (SSSR count). The molecule has 0 atom stereocenters. The molecule has 11 heteroatoms. The van der Waals surface area contributed by atoms with E-state index in [0.29, 0.717) is 20.3 Å². The molecule has 25 heavy (non-hydrogen) atoms. The third-order valence-electron chi connectivity index (χ3n) is 3.30. The molecular formula is C14H10BrN5O3S2. The summed E-state index contributed by atoms with van der Waals surface area (Å²) in [4.78, 5) is 15.8. The van der Waals surface area contributed by atoms with Crippen molar-refractivity contribution in [1.82, 2.24) is 14.3 Å². The van der Waals surface area contributed by atoms with E-state index in [2.05, 4.69) is 26.2 Å². The molecule has 2 aromatic heterocycles. The van der Waals surface area contributed by atoms with Crippen LogP contribution in [0, 0.1) is 11.3 Å². The highest BCUT2D eigenvalue weighted by Crippen LogP contribution is 2.26. The number of hydrogen-bond acceptors (Lipinski definition) is 6. The van der Waals surface area contributed by atoms with Crippen molar-refractivity contribution in [3.63, 3.8) is 0 Å². The zero-order valence-electron chi connectivity index (χ0n) is 12.6. The highest BCUT2D eigenvalue weighted by atomic mass is 79.9. The standard InChI is InChI=1S/C14H10BrN5O3S2/c1-20-7-11(9-3-2-8(5-16)4-10(9)20)25(22,23)19-13(21)18-14-17-6-12(15)24-14/h2-4,6-7H,1H3,(H2,17,18,19,21). The first-order valence-corrected chi connectivity index (χ1v) is 9.84. The number of hydrogen-bond donors (Lipinski definition) is 2. The Labute approximate surface area is 155 Å². The lowest BCUT2D eigenvalue weighted by atomic mass is 10.2. The molecule has 0 bridgehead atoms. The van der Waals surface area contributed by atoms with Crippen LogP contribution >= 0.6 is 27.3 Å². The molecule has 2 amide bonds. The second-order valence-corrected chi connectivity index (χ2v) is 9.04. The second-order valence-electron chi connectivity index (χ2n) is 4.98. The summed E-state index contributed by atoms with van der Waals surface area (Å²) in [7, 11) is -2.44. The lowest BCUT2D eigenvalue weighted by Crippen LogP contribution is -2.34. The maximum absolute atomic E-state index is 12.5. The lowest BCUT2D eigenvalue weighted by Gasteiger charge is -2.06. The number of thiazole rings is 1. The number of carbonyl (C=O) groups is 1. The van der Waals surface area contributed by atoms with E-state index in [1.165, 1.54) is 24.5 Å². The van der Waals surface area contributed by atoms with Crippen LogP contribution < -0.4 is 10.0 Å². The van der Waals surface area contributed by atoms with Gasteiger partial charge in [-0.05, 0) is 28.1 Å². The van der Waals surface area contributed by atoms with Crippen LogP contribution in [-0.2, 0) is 17.1 Å². The van der Waals surface area contributed by atoms with E-state index in [1.807, 2.05) is 10.8 Å². The van der Waals surface area contributed by atoms with Crippen LogP contribution in [0.25, 0.3) is 10.9 Å². The molecule has 0 saturated carbocycles. The average Bonchev–Trinajstić information content (AvgIpc) is 3.10. The zero-order chi connectivity index (χ0) is 18.2. The summed E-state index contributed by atoms with van der Waals surface area (Å²) in [6.45, 7) is 0. The number of halogens is 1. The Kier molecular flexibility index (Phi) is 4.51. The fourth-order valence-electron chi connectivity index (χ4n) is 2.24. The maximum Gasteiger partial charge on any atom is 0.334 e. The number of fused-ring (bicyclic) bond motifs is 1. The summed E-state index contributed by atoms with van der Waals surface area (Å²) in [6, 6.07) is 5.74. The Morgan fingerprint density at radius 1 is 1.44 bits per heavy atom. The minimum absolute atomic E-state index is 0.0510. The molecule has 0 aliphatic carbocycles. The van der Waals surface area contributed by atoms with E-state index in [0.717, 1.165) is 11.3 Å². The van der Waals surface area contributed by atoms with Crippen molar-refractivity contribution in [2.45, 2.75) is 4.90 Å². The van der Waals surface area contributed by atoms with Crippen molar-refractivity contribution >= 4 is 59.4 Å². The molecular weight excluding hydrogens is 430 g/mol. The second kappa shape index (κ2) is 6.47. The molecule has 0 saturated heterocycles. The predicted molar refractivity (Wildman–Crippen MR) is 96.8 cm³/mol. The SMILES string of the molecule is Cn1cc(S(=O)(=O)NC(=O)Nc2ncc(Br)s2)c2ccc(C#N)cc21. The maximum atomic E-state index is 12.5. The summed E-state index contributed by atoms with van der Waals surface area (Å²) in [5, 5.41) is 12.0. The van der Waals surface area contributed by atoms with E-state index < -0.39 is 16.1 Å². The summed E-state index contributed by atoms with van der Waals surface area (Å²) in [5.74, 6) is 0. The van der Waals surface area contributed by atoms with Crippen LogP contribution in [0.3, 0.4) is 0 Å². The third kappa shape index (κ3) is 3.51. The molecule has 0 spiro atoms. The molecule has 2 N–H and O–H groups in total. The number of aromatic nitrogens is 2. The molecule has 0 fully saturated rings. The van der Waals surface area contributed by atoms with Gasteiger partial charge in [0, 0.05) is 18.6 Å². The quantitative estimate of drug-likeness (QED) is 0.650. The van der Waals surface area contributed by atoms with Crippen molar-refractivity contribution in [3.05, 3.63) is 39.9 Å². The molecule has 0 aliphatic rings. The van der Waals surface area contributed by atoms with Gasteiger partial charge in [0.25, 0.3) is 10.0 Å². The number of nitrogens with one attached hydrogen (secondary N) is 2. The highest BCUT2D eigenvalue weighted by Gasteiger charge is 2.23. The minimum atomic E-state index is -4.10. The molecule has 0 aliphatic heterocycles. The average molecular weight is 440 g/mol. The molecule has 3 aromatic rings. The van der Waals surface area contributed by atoms with Crippen LogP contribution in [0.4, 0.5) is 9.93 Å². The van der Waals surface area contributed by atoms with Crippen molar-refractivity contribution in [2.24, 2.45) is 7.05 Å². The molecule has 0 radical (unpaired) electrons. The molecule has 1 aromatic carbocycles. The number of amides is 2. The monoisotopic (exact) mass is 439 g/mol. The van der Waals surface area contributed by atoms with Gasteiger partial charge in [0.2, 0.25) is 0 Å². The predicted octanol–water partition coefficient (Wildman–Crippen LogP) is 2.78. The Morgan fingerprint density at radius 2 is 2.20 bits per heavy atom. The number of aryl methyl sites for hydroxylation is 1. The van der Waals surface area contributed by atoms with E-state index in [-0.39, 0.29) is 10.0 Å². The van der Waals surface area contributed by atoms with Gasteiger partial charge in [-0.2, -0.15) is 5.26 Å². The van der Waals surface area contributed by atoms with Crippen molar-refractivity contribution in [2.75, 3.05) is 5.32 Å². The zero-order valence-corrected chi connectivity index (χ0v) is 15.9. The van der Waals surface area contributed by atoms with Gasteiger partial charge in [-0.3, -0.25) is 5.32 Å². The summed E-state index contributed by atoms with van der Waals surface area (Å²) >= 11 is 4.35. The van der Waals surface area contributed by atoms with Crippen molar-refractivity contribution < 1.29 is 13.2 Å². The largest absolute Gasteiger partial charge is 0.349 e. The van der Waals surface area contributed by atoms with Gasteiger partial charge in [-0.25, -0.2) is 22.9 Å². The topological polar surface area (TPSA) is 117 Å². The van der Waals surface area contributed by atoms with Crippen LogP contribution in [0.1, 0.15) is 5.56 Å². The van der Waals surface area contributed by atoms with Gasteiger partial charge in [0.1, 0.15) is 4.90 Å². The van der Waals surface area contributed by atoms with Crippen LogP contribution in [0.2, 0.25) is 0 Å². The number of carbonyl (C=O) groups excluding carboxylic acids is 1. The number of nitrogens with zero attached hydrogens (tertiary/aromatic N) is 3. The fourth-order valence-corrected chi connectivity index (χ4v) is 4.51. The minimum Gasteiger partial charge on any atom is -0.349 e. The summed E-state index contributed by atoms with van der Waals surface area (Å²) in [6.07, 6.45) is 2.88. The summed E-state index contributed by atoms with van der Waals surface area (Å²) < 4.78 is 29.3. The van der Waals surface area contributed by atoms with E-state index in [4.69, 9.17) is 5.26 Å². The van der Waals surface area contributed by atoms with Crippen LogP contribution in [0.15, 0.2) is 39.3 Å². The van der Waals surface area contributed by atoms with Crippen LogP contribution in [0.5, 0.6) is 0 Å². The Morgan fingerprint density at radius 3 is 2.84 bits per heavy atom. The van der Waals surface area contributed by atoms with E-state index >= 15 is 0 Å². The van der Waals surface area contributed by atoms with Gasteiger partial charge < -0.3 is 4.57 Å². The normalized spacial score (nSPS) is 11.2. The first-order valence-electron chi connectivity index (χ1n) is 6.74. The molecule has 2 heterocycles. The number of sulfonamides is 1. The number of rotatable bonds is 3. The van der Waals surface area contributed by atoms with E-state index in [9.17, 15) is 13.2 Å². The number of anilines is 1. The Balaban J connectivity index is 1.91. The van der Waals surface area contributed by atoms with Crippen LogP contribution in [-0.4, -0.2) is 24.0 Å². The lowest BCUT2D eigenvalue weighted by molar-refractivity contribution is 0.256. The Hall–Kier alpha value is -2.42. The van der Waals surface area contributed by atoms with Crippen molar-refractivity contribution in [3.8, 4) is 6.07 Å². The van der Waals surface area contributed by atoms with Gasteiger partial charge >= 0.3 is 6.03 Å². The van der Waals surface area contributed by atoms with Gasteiger partial charge in [0.05, 0.1) is 27.1 Å². The highest BCUT2D eigenvalue weighted by molar-refractivity contribution is 9.11. The fraction of sp³-hybridized carbons (Fsp3) is 0.0714. The summed E-state index contributed by atoms with van der Waals surface area (Å²) in [5.41, 5.74) is 0.987. The Bertz CT molecular complexity index is 1130. The third-order valence-corrected chi connectivity index (χ3v) is 6.05. The smallest absolute Gasteiger partial charge is 0.334 e. The molecule has 0 unspecified atom stereocenters. The first-order chi connectivity index (χ1) is 11.8.